The van der Waals surface area contributed by atoms with E-state index in [9.17, 15) is 14.0 Å². The van der Waals surface area contributed by atoms with Crippen molar-refractivity contribution in [1.82, 2.24) is 9.88 Å². The van der Waals surface area contributed by atoms with Gasteiger partial charge in [-0.15, -0.1) is 0 Å². The van der Waals surface area contributed by atoms with Gasteiger partial charge in [0.15, 0.2) is 0 Å². The molecule has 28 heavy (non-hydrogen) atoms. The Balaban J connectivity index is 0.000000500. The number of pyridine rings is 1. The van der Waals surface area contributed by atoms with Crippen molar-refractivity contribution in [2.75, 3.05) is 31.6 Å². The first-order chi connectivity index (χ1) is 13.6. The lowest BCUT2D eigenvalue weighted by Crippen LogP contribution is -2.29. The van der Waals surface area contributed by atoms with Crippen LogP contribution < -0.4 is 5.32 Å². The fourth-order valence-corrected chi connectivity index (χ4v) is 2.86. The van der Waals surface area contributed by atoms with Gasteiger partial charge in [-0.1, -0.05) is 12.1 Å². The Kier molecular flexibility index (Phi) is 8.91. The largest absolute Gasteiger partial charge is 0.468 e. The molecule has 1 aromatic carbocycles. The van der Waals surface area contributed by atoms with Gasteiger partial charge in [-0.2, -0.15) is 0 Å². The molecule has 0 spiro atoms. The van der Waals surface area contributed by atoms with Gasteiger partial charge in [0.05, 0.1) is 12.3 Å². The standard InChI is InChI=1S/C18H20FN3O.C3H6O2/c19-16-5-3-14(4-6-16)10-15-11-17(13-20-12-15)21-7-9-22-8-1-2-18(22)23;1-2-5-3-4/h3-6,11-13,21H,1-2,7-10H2;3H,2H2,1H3. The second-order valence-corrected chi connectivity index (χ2v) is 6.35. The molecule has 6 nitrogen and oxygen atoms in total. The van der Waals surface area contributed by atoms with Crippen molar-refractivity contribution in [2.24, 2.45) is 0 Å². The maximum atomic E-state index is 12.9. The van der Waals surface area contributed by atoms with Crippen molar-refractivity contribution in [3.8, 4) is 0 Å². The second kappa shape index (κ2) is 11.7. The maximum absolute atomic E-state index is 12.9. The molecule has 1 fully saturated rings. The Labute approximate surface area is 164 Å². The highest BCUT2D eigenvalue weighted by molar-refractivity contribution is 5.78. The van der Waals surface area contributed by atoms with E-state index < -0.39 is 0 Å². The Morgan fingerprint density at radius 1 is 1.25 bits per heavy atom. The number of nitrogens with zero attached hydrogens (tertiary/aromatic N) is 2. The van der Waals surface area contributed by atoms with Crippen molar-refractivity contribution in [1.29, 1.82) is 0 Å². The zero-order chi connectivity index (χ0) is 20.2. The number of benzene rings is 1. The van der Waals surface area contributed by atoms with Crippen LogP contribution in [0, 0.1) is 5.82 Å². The molecule has 0 bridgehead atoms. The highest BCUT2D eigenvalue weighted by Gasteiger charge is 2.18. The number of hydrogen-bond donors (Lipinski definition) is 1. The Hall–Kier alpha value is -2.96. The van der Waals surface area contributed by atoms with Crippen molar-refractivity contribution < 1.29 is 18.7 Å². The van der Waals surface area contributed by atoms with E-state index in [1.165, 1.54) is 12.1 Å². The van der Waals surface area contributed by atoms with Gasteiger partial charge in [-0.25, -0.2) is 4.39 Å². The molecule has 150 valence electrons. The average Bonchev–Trinajstić information content (AvgIpc) is 3.10. The minimum atomic E-state index is -0.223. The Bertz CT molecular complexity index is 753. The normalized spacial score (nSPS) is 12.9. The molecular weight excluding hydrogens is 361 g/mol. The molecule has 1 saturated heterocycles. The summed E-state index contributed by atoms with van der Waals surface area (Å²) in [5.41, 5.74) is 3.06. The molecular formula is C21H26FN3O3. The lowest BCUT2D eigenvalue weighted by atomic mass is 10.1. The number of likely N-dealkylation sites (tertiary alicyclic amines) is 1. The molecule has 3 rings (SSSR count). The molecule has 1 amide bonds. The van der Waals surface area contributed by atoms with Crippen LogP contribution in [0.5, 0.6) is 0 Å². The minimum absolute atomic E-state index is 0.223. The van der Waals surface area contributed by atoms with Gasteiger partial charge < -0.3 is 15.0 Å². The van der Waals surface area contributed by atoms with Gasteiger partial charge in [0.25, 0.3) is 6.47 Å². The molecule has 0 saturated carbocycles. The number of anilines is 1. The third-order valence-corrected chi connectivity index (χ3v) is 4.23. The molecule has 1 aliphatic rings. The fourth-order valence-electron chi connectivity index (χ4n) is 2.86. The maximum Gasteiger partial charge on any atom is 0.293 e. The first kappa shape index (κ1) is 21.3. The number of hydrogen-bond acceptors (Lipinski definition) is 5. The molecule has 1 N–H and O–H groups in total. The van der Waals surface area contributed by atoms with E-state index in [1.807, 2.05) is 17.2 Å². The van der Waals surface area contributed by atoms with E-state index in [0.717, 1.165) is 36.3 Å². The van der Waals surface area contributed by atoms with Crippen LogP contribution in [0.2, 0.25) is 0 Å². The second-order valence-electron chi connectivity index (χ2n) is 6.35. The SMILES string of the molecule is CCOC=O.O=C1CCCN1CCNc1cncc(Cc2ccc(F)cc2)c1. The number of aromatic nitrogens is 1. The zero-order valence-corrected chi connectivity index (χ0v) is 16.1. The van der Waals surface area contributed by atoms with E-state index >= 15 is 0 Å². The van der Waals surface area contributed by atoms with E-state index in [-0.39, 0.29) is 11.7 Å². The van der Waals surface area contributed by atoms with Crippen LogP contribution in [0.3, 0.4) is 0 Å². The number of carbonyl (C=O) groups excluding carboxylic acids is 2. The van der Waals surface area contributed by atoms with Crippen LogP contribution in [-0.2, 0) is 20.7 Å². The van der Waals surface area contributed by atoms with Crippen molar-refractivity contribution in [3.05, 3.63) is 59.7 Å². The molecule has 2 aromatic rings. The van der Waals surface area contributed by atoms with Crippen LogP contribution in [0.25, 0.3) is 0 Å². The Morgan fingerprint density at radius 2 is 2.04 bits per heavy atom. The number of carbonyl (C=O) groups is 2. The van der Waals surface area contributed by atoms with Crippen LogP contribution in [0.15, 0.2) is 42.7 Å². The molecule has 0 aliphatic carbocycles. The average molecular weight is 387 g/mol. The number of halogens is 1. The van der Waals surface area contributed by atoms with E-state index in [2.05, 4.69) is 15.0 Å². The van der Waals surface area contributed by atoms with Gasteiger partial charge in [0.1, 0.15) is 5.82 Å². The topological polar surface area (TPSA) is 71.5 Å². The van der Waals surface area contributed by atoms with Crippen LogP contribution >= 0.6 is 0 Å². The minimum Gasteiger partial charge on any atom is -0.468 e. The number of rotatable bonds is 8. The van der Waals surface area contributed by atoms with E-state index in [0.29, 0.717) is 32.5 Å². The quantitative estimate of drug-likeness (QED) is 0.705. The summed E-state index contributed by atoms with van der Waals surface area (Å²) in [6.45, 7) is 4.97. The smallest absolute Gasteiger partial charge is 0.293 e. The monoisotopic (exact) mass is 387 g/mol. The predicted octanol–water partition coefficient (Wildman–Crippen LogP) is 3.03. The molecule has 0 unspecified atom stereocenters. The number of amides is 1. The van der Waals surface area contributed by atoms with Gasteiger partial charge in [0, 0.05) is 38.4 Å². The van der Waals surface area contributed by atoms with E-state index in [1.54, 1.807) is 25.3 Å². The fraction of sp³-hybridized carbons (Fsp3) is 0.381. The summed E-state index contributed by atoms with van der Waals surface area (Å²) in [7, 11) is 0. The lowest BCUT2D eigenvalue weighted by molar-refractivity contribution is -0.128. The summed E-state index contributed by atoms with van der Waals surface area (Å²) in [4.78, 5) is 26.9. The zero-order valence-electron chi connectivity index (χ0n) is 16.1. The summed E-state index contributed by atoms with van der Waals surface area (Å²) in [5.74, 6) is 0.0220. The van der Waals surface area contributed by atoms with Crippen molar-refractivity contribution in [2.45, 2.75) is 26.2 Å². The highest BCUT2D eigenvalue weighted by Crippen LogP contribution is 2.14. The van der Waals surface area contributed by atoms with Gasteiger partial charge in [0.2, 0.25) is 5.91 Å². The Morgan fingerprint density at radius 3 is 2.64 bits per heavy atom. The predicted molar refractivity (Wildman–Crippen MR) is 105 cm³/mol. The summed E-state index contributed by atoms with van der Waals surface area (Å²) in [6.07, 6.45) is 5.95. The molecule has 7 heteroatoms. The van der Waals surface area contributed by atoms with Gasteiger partial charge >= 0.3 is 0 Å². The molecule has 0 atom stereocenters. The van der Waals surface area contributed by atoms with Crippen molar-refractivity contribution >= 4 is 18.1 Å². The van der Waals surface area contributed by atoms with Crippen LogP contribution in [0.1, 0.15) is 30.9 Å². The van der Waals surface area contributed by atoms with Crippen LogP contribution in [0.4, 0.5) is 10.1 Å². The van der Waals surface area contributed by atoms with Crippen LogP contribution in [-0.4, -0.2) is 48.5 Å². The summed E-state index contributed by atoms with van der Waals surface area (Å²) in [5, 5.41) is 3.31. The first-order valence-electron chi connectivity index (χ1n) is 9.37. The highest BCUT2D eigenvalue weighted by atomic mass is 19.1. The summed E-state index contributed by atoms with van der Waals surface area (Å²) in [6, 6.07) is 8.56. The lowest BCUT2D eigenvalue weighted by Gasteiger charge is -2.16. The molecule has 1 aliphatic heterocycles. The summed E-state index contributed by atoms with van der Waals surface area (Å²) >= 11 is 0. The molecule has 1 aromatic heterocycles. The van der Waals surface area contributed by atoms with Gasteiger partial charge in [-0.05, 0) is 49.1 Å². The number of ether oxygens (including phenoxy) is 1. The van der Waals surface area contributed by atoms with E-state index in [4.69, 9.17) is 0 Å². The first-order valence-corrected chi connectivity index (χ1v) is 9.37. The molecule has 2 heterocycles. The third kappa shape index (κ3) is 7.34. The molecule has 0 radical (unpaired) electrons. The van der Waals surface area contributed by atoms with Crippen molar-refractivity contribution in [3.63, 3.8) is 0 Å². The van der Waals surface area contributed by atoms with Gasteiger partial charge in [-0.3, -0.25) is 14.6 Å². The summed E-state index contributed by atoms with van der Waals surface area (Å²) < 4.78 is 17.1. The third-order valence-electron chi connectivity index (χ3n) is 4.23. The number of nitrogens with one attached hydrogen (secondary N) is 1.